The monoisotopic (exact) mass is 349 g/mol. The second kappa shape index (κ2) is 7.65. The lowest BCUT2D eigenvalue weighted by atomic mass is 10.1. The quantitative estimate of drug-likeness (QED) is 0.742. The van der Waals surface area contributed by atoms with E-state index in [0.717, 1.165) is 16.7 Å². The smallest absolute Gasteiger partial charge is 0.346 e. The highest BCUT2D eigenvalue weighted by Crippen LogP contribution is 2.20. The van der Waals surface area contributed by atoms with Gasteiger partial charge in [0.25, 0.3) is 5.91 Å². The van der Waals surface area contributed by atoms with Crippen LogP contribution in [0.2, 0.25) is 0 Å². The first-order valence-corrected chi connectivity index (χ1v) is 8.15. The van der Waals surface area contributed by atoms with Gasteiger partial charge in [-0.3, -0.25) is 4.79 Å². The van der Waals surface area contributed by atoms with Gasteiger partial charge in [-0.15, -0.1) is 0 Å². The fourth-order valence-electron chi connectivity index (χ4n) is 2.47. The van der Waals surface area contributed by atoms with Gasteiger partial charge in [-0.25, -0.2) is 4.79 Å². The van der Waals surface area contributed by atoms with E-state index >= 15 is 0 Å². The zero-order chi connectivity index (χ0) is 18.5. The maximum Gasteiger partial charge on any atom is 0.346 e. The van der Waals surface area contributed by atoms with Crippen molar-refractivity contribution in [1.29, 1.82) is 0 Å². The number of nitrogens with one attached hydrogen (secondary N) is 2. The fraction of sp³-hybridized carbons (Fsp3) is 0.150. The third-order valence-electron chi connectivity index (χ3n) is 3.95. The molecule has 0 atom stereocenters. The summed E-state index contributed by atoms with van der Waals surface area (Å²) in [7, 11) is 1.58. The van der Waals surface area contributed by atoms with Crippen molar-refractivity contribution >= 4 is 5.91 Å². The number of carbonyl (C=O) groups excluding carboxylic acids is 1. The highest BCUT2D eigenvalue weighted by atomic mass is 16.5. The van der Waals surface area contributed by atoms with Crippen LogP contribution in [-0.4, -0.2) is 23.0 Å². The summed E-state index contributed by atoms with van der Waals surface area (Å²) < 4.78 is 5.12. The standard InChI is InChI=1S/C20H19N3O3/c1-13-3-5-14(6-4-13)12-21-19(24)18-11-17(22-20(25)23-18)15-7-9-16(26-2)10-8-15/h3-11H,12H2,1-2H3,(H,21,24)(H,22,23,25). The number of hydrogen-bond acceptors (Lipinski definition) is 4. The number of aromatic amines is 1. The number of aromatic nitrogens is 2. The Morgan fingerprint density at radius 3 is 2.46 bits per heavy atom. The Balaban J connectivity index is 1.78. The molecule has 0 unspecified atom stereocenters. The SMILES string of the molecule is COc1ccc(-c2cc(C(=O)NCc3ccc(C)cc3)[nH]c(=O)n2)cc1. The fourth-order valence-corrected chi connectivity index (χ4v) is 2.47. The number of hydrogen-bond donors (Lipinski definition) is 2. The summed E-state index contributed by atoms with van der Waals surface area (Å²) in [6.07, 6.45) is 0. The Morgan fingerprint density at radius 1 is 1.12 bits per heavy atom. The van der Waals surface area contributed by atoms with Crippen molar-refractivity contribution in [2.24, 2.45) is 0 Å². The van der Waals surface area contributed by atoms with E-state index in [4.69, 9.17) is 4.74 Å². The number of methoxy groups -OCH3 is 1. The second-order valence-corrected chi connectivity index (χ2v) is 5.88. The lowest BCUT2D eigenvalue weighted by Crippen LogP contribution is -2.27. The lowest BCUT2D eigenvalue weighted by Gasteiger charge is -2.07. The van der Waals surface area contributed by atoms with Crippen LogP contribution in [0.3, 0.4) is 0 Å². The van der Waals surface area contributed by atoms with Crippen molar-refractivity contribution in [2.45, 2.75) is 13.5 Å². The number of rotatable bonds is 5. The summed E-state index contributed by atoms with van der Waals surface area (Å²) in [5, 5.41) is 2.80. The van der Waals surface area contributed by atoms with Crippen molar-refractivity contribution in [2.75, 3.05) is 7.11 Å². The molecular weight excluding hydrogens is 330 g/mol. The van der Waals surface area contributed by atoms with Gasteiger partial charge in [-0.1, -0.05) is 29.8 Å². The number of H-pyrrole nitrogens is 1. The van der Waals surface area contributed by atoms with Gasteiger partial charge in [-0.05, 0) is 42.8 Å². The molecule has 1 amide bonds. The van der Waals surface area contributed by atoms with E-state index in [1.54, 1.807) is 37.4 Å². The summed E-state index contributed by atoms with van der Waals surface area (Å²) >= 11 is 0. The van der Waals surface area contributed by atoms with Crippen LogP contribution in [0.25, 0.3) is 11.3 Å². The number of amides is 1. The molecule has 0 saturated heterocycles. The first-order chi connectivity index (χ1) is 12.5. The van der Waals surface area contributed by atoms with E-state index in [2.05, 4.69) is 15.3 Å². The van der Waals surface area contributed by atoms with Crippen LogP contribution in [0, 0.1) is 6.92 Å². The van der Waals surface area contributed by atoms with E-state index in [1.807, 2.05) is 31.2 Å². The minimum atomic E-state index is -0.571. The van der Waals surface area contributed by atoms with Crippen LogP contribution >= 0.6 is 0 Å². The molecule has 0 radical (unpaired) electrons. The molecule has 1 heterocycles. The second-order valence-electron chi connectivity index (χ2n) is 5.88. The van der Waals surface area contributed by atoms with Crippen molar-refractivity contribution in [3.05, 3.63) is 81.9 Å². The van der Waals surface area contributed by atoms with Crippen molar-refractivity contribution < 1.29 is 9.53 Å². The molecule has 0 aliphatic heterocycles. The average molecular weight is 349 g/mol. The first kappa shape index (κ1) is 17.4. The lowest BCUT2D eigenvalue weighted by molar-refractivity contribution is 0.0945. The topological polar surface area (TPSA) is 84.1 Å². The van der Waals surface area contributed by atoms with E-state index in [9.17, 15) is 9.59 Å². The largest absolute Gasteiger partial charge is 0.497 e. The normalized spacial score (nSPS) is 10.4. The highest BCUT2D eigenvalue weighted by molar-refractivity contribution is 5.93. The third-order valence-corrected chi connectivity index (χ3v) is 3.95. The molecule has 6 nitrogen and oxygen atoms in total. The number of carbonyl (C=O) groups is 1. The first-order valence-electron chi connectivity index (χ1n) is 8.15. The minimum absolute atomic E-state index is 0.169. The van der Waals surface area contributed by atoms with E-state index < -0.39 is 5.69 Å². The van der Waals surface area contributed by atoms with Gasteiger partial charge in [-0.2, -0.15) is 4.98 Å². The van der Waals surface area contributed by atoms with Gasteiger partial charge in [0.2, 0.25) is 0 Å². The van der Waals surface area contributed by atoms with Gasteiger partial charge in [0.15, 0.2) is 0 Å². The Bertz CT molecular complexity index is 961. The summed E-state index contributed by atoms with van der Waals surface area (Å²) in [6, 6.07) is 16.6. The molecule has 6 heteroatoms. The van der Waals surface area contributed by atoms with E-state index in [1.165, 1.54) is 0 Å². The molecule has 132 valence electrons. The summed E-state index contributed by atoms with van der Waals surface area (Å²) in [6.45, 7) is 2.38. The van der Waals surface area contributed by atoms with Crippen LogP contribution in [0.1, 0.15) is 21.6 Å². The molecule has 2 aromatic carbocycles. The van der Waals surface area contributed by atoms with Crippen molar-refractivity contribution in [3.8, 4) is 17.0 Å². The minimum Gasteiger partial charge on any atom is -0.497 e. The Morgan fingerprint density at radius 2 is 1.81 bits per heavy atom. The van der Waals surface area contributed by atoms with Gasteiger partial charge in [0.1, 0.15) is 11.4 Å². The van der Waals surface area contributed by atoms with E-state index in [-0.39, 0.29) is 11.6 Å². The van der Waals surface area contributed by atoms with Crippen molar-refractivity contribution in [1.82, 2.24) is 15.3 Å². The Kier molecular flexibility index (Phi) is 5.12. The molecule has 0 spiro atoms. The molecular formula is C20H19N3O3. The third kappa shape index (κ3) is 4.16. The molecule has 3 rings (SSSR count). The number of benzene rings is 2. The van der Waals surface area contributed by atoms with Gasteiger partial charge >= 0.3 is 5.69 Å². The zero-order valence-electron chi connectivity index (χ0n) is 14.6. The number of ether oxygens (including phenoxy) is 1. The van der Waals surface area contributed by atoms with Gasteiger partial charge < -0.3 is 15.0 Å². The molecule has 26 heavy (non-hydrogen) atoms. The van der Waals surface area contributed by atoms with Crippen LogP contribution < -0.4 is 15.7 Å². The Hall–Kier alpha value is -3.41. The summed E-state index contributed by atoms with van der Waals surface area (Å²) in [5.41, 5.74) is 2.89. The molecule has 0 aliphatic rings. The van der Waals surface area contributed by atoms with Crippen LogP contribution in [0.4, 0.5) is 0 Å². The van der Waals surface area contributed by atoms with Gasteiger partial charge in [0.05, 0.1) is 12.8 Å². The molecule has 1 aromatic heterocycles. The van der Waals surface area contributed by atoms with Crippen LogP contribution in [0.5, 0.6) is 5.75 Å². The predicted octanol–water partition coefficient (Wildman–Crippen LogP) is 2.68. The molecule has 0 fully saturated rings. The maximum absolute atomic E-state index is 12.4. The predicted molar refractivity (Wildman–Crippen MR) is 99.2 cm³/mol. The molecule has 2 N–H and O–H groups in total. The summed E-state index contributed by atoms with van der Waals surface area (Å²) in [5.74, 6) is 0.342. The van der Waals surface area contributed by atoms with Crippen LogP contribution in [-0.2, 0) is 6.54 Å². The van der Waals surface area contributed by atoms with Gasteiger partial charge in [0, 0.05) is 12.1 Å². The molecule has 3 aromatic rings. The summed E-state index contributed by atoms with van der Waals surface area (Å²) in [4.78, 5) is 30.7. The molecule has 0 saturated carbocycles. The van der Waals surface area contributed by atoms with E-state index in [0.29, 0.717) is 18.0 Å². The molecule has 0 bridgehead atoms. The zero-order valence-corrected chi connectivity index (χ0v) is 14.6. The number of aryl methyl sites for hydroxylation is 1. The maximum atomic E-state index is 12.4. The van der Waals surface area contributed by atoms with Crippen LogP contribution in [0.15, 0.2) is 59.4 Å². The van der Waals surface area contributed by atoms with Crippen molar-refractivity contribution in [3.63, 3.8) is 0 Å². The number of nitrogens with zero attached hydrogens (tertiary/aromatic N) is 1. The highest BCUT2D eigenvalue weighted by Gasteiger charge is 2.11. The average Bonchev–Trinajstić information content (AvgIpc) is 2.67. The molecule has 0 aliphatic carbocycles. The Labute approximate surface area is 150 Å².